The lowest BCUT2D eigenvalue weighted by Crippen LogP contribution is -2.13. The van der Waals surface area contributed by atoms with Crippen LogP contribution in [0.2, 0.25) is 0 Å². The summed E-state index contributed by atoms with van der Waals surface area (Å²) < 4.78 is 6.50. The lowest BCUT2D eigenvalue weighted by molar-refractivity contribution is 0.459. The lowest BCUT2D eigenvalue weighted by Gasteiger charge is -2.06. The van der Waals surface area contributed by atoms with Gasteiger partial charge < -0.3 is 10.1 Å². The van der Waals surface area contributed by atoms with Crippen molar-refractivity contribution in [1.29, 1.82) is 0 Å². The third-order valence-electron chi connectivity index (χ3n) is 2.46. The summed E-state index contributed by atoms with van der Waals surface area (Å²) in [7, 11) is 0. The second kappa shape index (κ2) is 7.21. The van der Waals surface area contributed by atoms with Crippen LogP contribution in [0.3, 0.4) is 0 Å². The van der Waals surface area contributed by atoms with Gasteiger partial charge >= 0.3 is 0 Å². The van der Waals surface area contributed by atoms with E-state index in [1.165, 1.54) is 0 Å². The van der Waals surface area contributed by atoms with Gasteiger partial charge in [0.25, 0.3) is 0 Å². The second-order valence-corrected chi connectivity index (χ2v) is 5.04. The molecule has 0 saturated heterocycles. The van der Waals surface area contributed by atoms with Crippen LogP contribution in [0.25, 0.3) is 0 Å². The van der Waals surface area contributed by atoms with Crippen LogP contribution >= 0.6 is 15.9 Å². The van der Waals surface area contributed by atoms with Gasteiger partial charge in [0.2, 0.25) is 5.88 Å². The van der Waals surface area contributed by atoms with Crippen LogP contribution in [0.1, 0.15) is 18.9 Å². The van der Waals surface area contributed by atoms with Gasteiger partial charge in [0.05, 0.1) is 6.20 Å². The van der Waals surface area contributed by atoms with E-state index in [-0.39, 0.29) is 0 Å². The quantitative estimate of drug-likeness (QED) is 0.827. The van der Waals surface area contributed by atoms with Crippen molar-refractivity contribution in [2.75, 3.05) is 6.54 Å². The molecule has 0 aromatic carbocycles. The van der Waals surface area contributed by atoms with Crippen LogP contribution < -0.4 is 10.1 Å². The van der Waals surface area contributed by atoms with Gasteiger partial charge in [-0.1, -0.05) is 13.0 Å². The topological polar surface area (TPSA) is 47.0 Å². The molecule has 0 atom stereocenters. The van der Waals surface area contributed by atoms with Gasteiger partial charge in [-0.05, 0) is 40.5 Å². The van der Waals surface area contributed by atoms with Crippen LogP contribution in [0.5, 0.6) is 11.6 Å². The highest BCUT2D eigenvalue weighted by Gasteiger charge is 2.00. The number of nitrogens with one attached hydrogen (secondary N) is 1. The van der Waals surface area contributed by atoms with Gasteiger partial charge in [0.1, 0.15) is 5.75 Å². The highest BCUT2D eigenvalue weighted by molar-refractivity contribution is 9.10. The maximum Gasteiger partial charge on any atom is 0.219 e. The predicted molar refractivity (Wildman–Crippen MR) is 78.2 cm³/mol. The van der Waals surface area contributed by atoms with Crippen molar-refractivity contribution in [2.24, 2.45) is 0 Å². The number of rotatable bonds is 6. The van der Waals surface area contributed by atoms with E-state index in [1.54, 1.807) is 12.4 Å². The fourth-order valence-corrected chi connectivity index (χ4v) is 1.90. The van der Waals surface area contributed by atoms with E-state index in [0.29, 0.717) is 11.6 Å². The molecule has 4 nitrogen and oxygen atoms in total. The third-order valence-corrected chi connectivity index (χ3v) is 2.89. The van der Waals surface area contributed by atoms with Crippen molar-refractivity contribution in [3.05, 3.63) is 46.8 Å². The zero-order chi connectivity index (χ0) is 13.5. The smallest absolute Gasteiger partial charge is 0.219 e. The molecule has 0 saturated carbocycles. The molecule has 0 amide bonds. The fourth-order valence-electron chi connectivity index (χ4n) is 1.55. The van der Waals surface area contributed by atoms with E-state index in [1.807, 2.05) is 24.4 Å². The van der Waals surface area contributed by atoms with E-state index < -0.39 is 0 Å². The Balaban J connectivity index is 1.95. The molecule has 0 spiro atoms. The lowest BCUT2D eigenvalue weighted by atomic mass is 10.3. The SMILES string of the molecule is CCCNCc1ccc(Oc2cncc(Br)c2)nc1. The minimum atomic E-state index is 0.569. The molecule has 0 aliphatic carbocycles. The zero-order valence-electron chi connectivity index (χ0n) is 10.8. The second-order valence-electron chi connectivity index (χ2n) is 4.12. The average Bonchev–Trinajstić information content (AvgIpc) is 2.41. The molecule has 100 valence electrons. The Bertz CT molecular complexity index is 516. The van der Waals surface area contributed by atoms with Crippen LogP contribution in [0, 0.1) is 0 Å². The third kappa shape index (κ3) is 4.61. The average molecular weight is 322 g/mol. The summed E-state index contributed by atoms with van der Waals surface area (Å²) in [5, 5.41) is 3.33. The van der Waals surface area contributed by atoms with E-state index in [4.69, 9.17) is 4.74 Å². The van der Waals surface area contributed by atoms with Crippen LogP contribution in [0.4, 0.5) is 0 Å². The number of halogens is 1. The highest BCUT2D eigenvalue weighted by Crippen LogP contribution is 2.21. The van der Waals surface area contributed by atoms with Gasteiger partial charge in [0.15, 0.2) is 0 Å². The van der Waals surface area contributed by atoms with Crippen molar-refractivity contribution >= 4 is 15.9 Å². The summed E-state index contributed by atoms with van der Waals surface area (Å²) >= 11 is 3.35. The van der Waals surface area contributed by atoms with E-state index in [9.17, 15) is 0 Å². The van der Waals surface area contributed by atoms with Gasteiger partial charge in [-0.15, -0.1) is 0 Å². The molecule has 0 aliphatic heterocycles. The largest absolute Gasteiger partial charge is 0.437 e. The van der Waals surface area contributed by atoms with Crippen LogP contribution in [-0.2, 0) is 6.54 Å². The van der Waals surface area contributed by atoms with E-state index >= 15 is 0 Å². The Morgan fingerprint density at radius 3 is 2.84 bits per heavy atom. The number of aromatic nitrogens is 2. The van der Waals surface area contributed by atoms with Crippen LogP contribution in [0.15, 0.2) is 41.3 Å². The van der Waals surface area contributed by atoms with Crippen molar-refractivity contribution in [1.82, 2.24) is 15.3 Å². The Morgan fingerprint density at radius 2 is 2.16 bits per heavy atom. The molecule has 0 fully saturated rings. The summed E-state index contributed by atoms with van der Waals surface area (Å²) in [4.78, 5) is 8.32. The Morgan fingerprint density at radius 1 is 1.26 bits per heavy atom. The molecular formula is C14H16BrN3O. The van der Waals surface area contributed by atoms with Gasteiger partial charge in [-0.3, -0.25) is 4.98 Å². The fraction of sp³-hybridized carbons (Fsp3) is 0.286. The number of ether oxygens (including phenoxy) is 1. The molecule has 2 heterocycles. The first-order chi connectivity index (χ1) is 9.28. The minimum absolute atomic E-state index is 0.569. The maximum atomic E-state index is 5.62. The summed E-state index contributed by atoms with van der Waals surface area (Å²) in [6.45, 7) is 4.00. The van der Waals surface area contributed by atoms with Crippen molar-refractivity contribution in [3.8, 4) is 11.6 Å². The number of hydrogen-bond acceptors (Lipinski definition) is 4. The van der Waals surface area contributed by atoms with Crippen molar-refractivity contribution < 1.29 is 4.74 Å². The standard InChI is InChI=1S/C14H16BrN3O/c1-2-5-16-7-11-3-4-14(18-8-11)19-13-6-12(15)9-17-10-13/h3-4,6,8-10,16H,2,5,7H2,1H3. The van der Waals surface area contributed by atoms with Crippen molar-refractivity contribution in [2.45, 2.75) is 19.9 Å². The molecule has 0 aliphatic rings. The molecule has 0 radical (unpaired) electrons. The summed E-state index contributed by atoms with van der Waals surface area (Å²) in [6, 6.07) is 5.73. The molecule has 1 N–H and O–H groups in total. The van der Waals surface area contributed by atoms with Crippen molar-refractivity contribution in [3.63, 3.8) is 0 Å². The van der Waals surface area contributed by atoms with Crippen LogP contribution in [-0.4, -0.2) is 16.5 Å². The number of nitrogens with zero attached hydrogens (tertiary/aromatic N) is 2. The zero-order valence-corrected chi connectivity index (χ0v) is 12.4. The first-order valence-corrected chi connectivity index (χ1v) is 7.01. The molecule has 19 heavy (non-hydrogen) atoms. The Kier molecular flexibility index (Phi) is 5.30. The minimum Gasteiger partial charge on any atom is -0.437 e. The summed E-state index contributed by atoms with van der Waals surface area (Å²) in [5.74, 6) is 1.23. The summed E-state index contributed by atoms with van der Waals surface area (Å²) in [5.41, 5.74) is 1.15. The predicted octanol–water partition coefficient (Wildman–Crippen LogP) is 3.53. The summed E-state index contributed by atoms with van der Waals surface area (Å²) in [6.07, 6.45) is 6.32. The first-order valence-electron chi connectivity index (χ1n) is 6.22. The van der Waals surface area contributed by atoms with E-state index in [0.717, 1.165) is 29.5 Å². The molecule has 5 heteroatoms. The molecule has 0 unspecified atom stereocenters. The Hall–Kier alpha value is -1.46. The first kappa shape index (κ1) is 14.0. The number of pyridine rings is 2. The maximum absolute atomic E-state index is 5.62. The molecule has 2 rings (SSSR count). The van der Waals surface area contributed by atoms with Gasteiger partial charge in [-0.2, -0.15) is 0 Å². The van der Waals surface area contributed by atoms with E-state index in [2.05, 4.69) is 38.1 Å². The Labute approximate surface area is 121 Å². The molecular weight excluding hydrogens is 306 g/mol. The highest BCUT2D eigenvalue weighted by atomic mass is 79.9. The molecule has 2 aromatic rings. The monoisotopic (exact) mass is 321 g/mol. The van der Waals surface area contributed by atoms with Gasteiger partial charge in [-0.25, -0.2) is 4.98 Å². The molecule has 0 bridgehead atoms. The number of hydrogen-bond donors (Lipinski definition) is 1. The normalized spacial score (nSPS) is 10.4. The van der Waals surface area contributed by atoms with Gasteiger partial charge in [0, 0.05) is 29.5 Å². The molecule has 2 aromatic heterocycles.